The second kappa shape index (κ2) is 5.82. The van der Waals surface area contributed by atoms with Gasteiger partial charge in [-0.15, -0.1) is 11.6 Å². The van der Waals surface area contributed by atoms with Gasteiger partial charge in [0.25, 0.3) is 5.91 Å². The van der Waals surface area contributed by atoms with Crippen molar-refractivity contribution in [2.75, 3.05) is 5.88 Å². The molecule has 0 aliphatic carbocycles. The number of fused-ring (bicyclic) bond motifs is 1. The number of benzene rings is 1. The lowest BCUT2D eigenvalue weighted by molar-refractivity contribution is -0.136. The maximum Gasteiger partial charge on any atom is 0.255 e. The van der Waals surface area contributed by atoms with Crippen LogP contribution >= 0.6 is 11.6 Å². The maximum absolute atomic E-state index is 12.5. The molecule has 6 heteroatoms. The van der Waals surface area contributed by atoms with Crippen LogP contribution in [-0.2, 0) is 16.1 Å². The Morgan fingerprint density at radius 2 is 2.14 bits per heavy atom. The fourth-order valence-electron chi connectivity index (χ4n) is 2.83. The zero-order valence-electron chi connectivity index (χ0n) is 11.7. The van der Waals surface area contributed by atoms with E-state index in [1.807, 2.05) is 6.07 Å². The van der Waals surface area contributed by atoms with Crippen molar-refractivity contribution in [1.82, 2.24) is 10.2 Å². The van der Waals surface area contributed by atoms with E-state index in [9.17, 15) is 14.4 Å². The van der Waals surface area contributed by atoms with Crippen LogP contribution < -0.4 is 5.32 Å². The molecule has 22 heavy (non-hydrogen) atoms. The number of alkyl halides is 1. The average Bonchev–Trinajstić information content (AvgIpc) is 2.83. The number of hydrogen-bond donors (Lipinski definition) is 1. The van der Waals surface area contributed by atoms with E-state index in [1.54, 1.807) is 12.1 Å². The first kappa shape index (κ1) is 14.6. The van der Waals surface area contributed by atoms with E-state index in [0.29, 0.717) is 18.5 Å². The summed E-state index contributed by atoms with van der Waals surface area (Å²) in [5.74, 6) is 5.04. The van der Waals surface area contributed by atoms with Crippen LogP contribution in [0.15, 0.2) is 18.2 Å². The topological polar surface area (TPSA) is 66.5 Å². The third-order valence-corrected chi connectivity index (χ3v) is 4.01. The minimum absolute atomic E-state index is 0.195. The van der Waals surface area contributed by atoms with E-state index < -0.39 is 11.9 Å². The largest absolute Gasteiger partial charge is 0.322 e. The van der Waals surface area contributed by atoms with E-state index in [1.165, 1.54) is 4.90 Å². The third-order valence-electron chi connectivity index (χ3n) is 3.87. The molecule has 1 saturated heterocycles. The Hall–Kier alpha value is -2.32. The number of nitrogens with zero attached hydrogens (tertiary/aromatic N) is 1. The molecule has 1 aromatic rings. The molecule has 1 fully saturated rings. The van der Waals surface area contributed by atoms with Crippen LogP contribution in [0.4, 0.5) is 0 Å². The fraction of sp³-hybridized carbons (Fsp3) is 0.312. The highest BCUT2D eigenvalue weighted by molar-refractivity contribution is 6.19. The van der Waals surface area contributed by atoms with Crippen LogP contribution in [0.25, 0.3) is 0 Å². The lowest BCUT2D eigenvalue weighted by Crippen LogP contribution is -2.52. The second-order valence-electron chi connectivity index (χ2n) is 5.17. The Morgan fingerprint density at radius 1 is 1.32 bits per heavy atom. The maximum atomic E-state index is 12.5. The molecular weight excluding hydrogens is 304 g/mol. The number of hydrogen-bond acceptors (Lipinski definition) is 3. The minimum atomic E-state index is -0.605. The van der Waals surface area contributed by atoms with Crippen molar-refractivity contribution in [3.63, 3.8) is 0 Å². The summed E-state index contributed by atoms with van der Waals surface area (Å²) in [6.45, 7) is 0.327. The van der Waals surface area contributed by atoms with Gasteiger partial charge in [0.1, 0.15) is 6.04 Å². The highest BCUT2D eigenvalue weighted by Crippen LogP contribution is 2.29. The number of nitrogens with one attached hydrogen (secondary N) is 1. The predicted octanol–water partition coefficient (Wildman–Crippen LogP) is 1.04. The van der Waals surface area contributed by atoms with Gasteiger partial charge in [-0.2, -0.15) is 0 Å². The van der Waals surface area contributed by atoms with E-state index in [4.69, 9.17) is 11.6 Å². The zero-order valence-corrected chi connectivity index (χ0v) is 12.4. The van der Waals surface area contributed by atoms with Crippen LogP contribution in [-0.4, -0.2) is 34.5 Å². The highest BCUT2D eigenvalue weighted by Gasteiger charge is 2.39. The number of amides is 3. The molecule has 2 aliphatic rings. The number of carbonyl (C=O) groups excluding carboxylic acids is 3. The number of halogens is 1. The summed E-state index contributed by atoms with van der Waals surface area (Å²) >= 11 is 5.58. The Kier molecular flexibility index (Phi) is 3.86. The minimum Gasteiger partial charge on any atom is -0.322 e. The smallest absolute Gasteiger partial charge is 0.255 e. The number of rotatable bonds is 1. The second-order valence-corrected chi connectivity index (χ2v) is 5.43. The van der Waals surface area contributed by atoms with Crippen LogP contribution in [0.5, 0.6) is 0 Å². The Balaban J connectivity index is 1.91. The molecule has 1 atom stereocenters. The summed E-state index contributed by atoms with van der Waals surface area (Å²) in [5.41, 5.74) is 2.13. The molecule has 0 radical (unpaired) electrons. The van der Waals surface area contributed by atoms with E-state index in [2.05, 4.69) is 17.2 Å². The Morgan fingerprint density at radius 3 is 2.86 bits per heavy atom. The van der Waals surface area contributed by atoms with Gasteiger partial charge in [0.2, 0.25) is 11.8 Å². The van der Waals surface area contributed by atoms with Gasteiger partial charge in [-0.1, -0.05) is 17.9 Å². The summed E-state index contributed by atoms with van der Waals surface area (Å²) in [5, 5.41) is 2.29. The monoisotopic (exact) mass is 316 g/mol. The lowest BCUT2D eigenvalue weighted by atomic mass is 10.0. The summed E-state index contributed by atoms with van der Waals surface area (Å²) in [6.07, 6.45) is 0.600. The number of piperidine rings is 1. The predicted molar refractivity (Wildman–Crippen MR) is 80.1 cm³/mol. The molecule has 2 aliphatic heterocycles. The molecule has 3 rings (SSSR count). The molecule has 2 heterocycles. The van der Waals surface area contributed by atoms with Gasteiger partial charge in [0, 0.05) is 24.1 Å². The summed E-state index contributed by atoms with van der Waals surface area (Å²) in [6, 6.07) is 4.73. The Labute approximate surface area is 132 Å². The van der Waals surface area contributed by atoms with Crippen molar-refractivity contribution >= 4 is 29.3 Å². The fourth-order valence-corrected chi connectivity index (χ4v) is 2.90. The van der Waals surface area contributed by atoms with Crippen molar-refractivity contribution in [1.29, 1.82) is 0 Å². The molecule has 1 aromatic carbocycles. The third kappa shape index (κ3) is 2.46. The molecule has 5 nitrogen and oxygen atoms in total. The molecule has 0 saturated carbocycles. The normalized spacial score (nSPS) is 20.3. The SMILES string of the molecule is O=C1CCC(N2Cc3c(C#CCCl)cccc3C2=O)C(=O)N1. The molecule has 0 spiro atoms. The average molecular weight is 317 g/mol. The van der Waals surface area contributed by atoms with Gasteiger partial charge in [0.05, 0.1) is 5.88 Å². The van der Waals surface area contributed by atoms with Crippen molar-refractivity contribution in [2.45, 2.75) is 25.4 Å². The first-order chi connectivity index (χ1) is 10.6. The summed E-state index contributed by atoms with van der Waals surface area (Å²) < 4.78 is 0. The first-order valence-electron chi connectivity index (χ1n) is 6.93. The van der Waals surface area contributed by atoms with Gasteiger partial charge >= 0.3 is 0 Å². The standard InChI is InChI=1S/C16H13ClN2O3/c17-8-2-4-10-3-1-5-11-12(10)9-19(16(11)22)13-6-7-14(20)18-15(13)21/h1,3,5,13H,6-9H2,(H,18,20,21). The highest BCUT2D eigenvalue weighted by atomic mass is 35.5. The molecule has 1 unspecified atom stereocenters. The van der Waals surface area contributed by atoms with E-state index in [-0.39, 0.29) is 24.1 Å². The molecule has 112 valence electrons. The van der Waals surface area contributed by atoms with Gasteiger partial charge in [-0.05, 0) is 24.1 Å². The number of carbonyl (C=O) groups is 3. The lowest BCUT2D eigenvalue weighted by Gasteiger charge is -2.29. The van der Waals surface area contributed by atoms with Crippen molar-refractivity contribution < 1.29 is 14.4 Å². The first-order valence-corrected chi connectivity index (χ1v) is 7.46. The zero-order chi connectivity index (χ0) is 15.7. The van der Waals surface area contributed by atoms with Gasteiger partial charge in [-0.3, -0.25) is 19.7 Å². The molecule has 1 N–H and O–H groups in total. The van der Waals surface area contributed by atoms with E-state index in [0.717, 1.165) is 11.1 Å². The molecular formula is C16H13ClN2O3. The van der Waals surface area contributed by atoms with E-state index >= 15 is 0 Å². The van der Waals surface area contributed by atoms with Crippen molar-refractivity contribution in [3.05, 3.63) is 34.9 Å². The van der Waals surface area contributed by atoms with Crippen molar-refractivity contribution in [2.24, 2.45) is 0 Å². The quantitative estimate of drug-likeness (QED) is 0.478. The van der Waals surface area contributed by atoms with Crippen LogP contribution in [0.3, 0.4) is 0 Å². The molecule has 0 bridgehead atoms. The van der Waals surface area contributed by atoms with Gasteiger partial charge < -0.3 is 4.90 Å². The van der Waals surface area contributed by atoms with Crippen molar-refractivity contribution in [3.8, 4) is 11.8 Å². The Bertz CT molecular complexity index is 733. The van der Waals surface area contributed by atoms with Gasteiger partial charge in [0.15, 0.2) is 0 Å². The summed E-state index contributed by atoms with van der Waals surface area (Å²) in [4.78, 5) is 37.3. The van der Waals surface area contributed by atoms with Crippen LogP contribution in [0, 0.1) is 11.8 Å². The van der Waals surface area contributed by atoms with Crippen LogP contribution in [0.2, 0.25) is 0 Å². The number of imide groups is 1. The van der Waals surface area contributed by atoms with Gasteiger partial charge in [-0.25, -0.2) is 0 Å². The molecule has 0 aromatic heterocycles. The summed E-state index contributed by atoms with van der Waals surface area (Å²) in [7, 11) is 0. The van der Waals surface area contributed by atoms with Crippen LogP contribution in [0.1, 0.15) is 34.3 Å². The molecule has 3 amide bonds.